The molecule has 0 radical (unpaired) electrons. The molecule has 0 aliphatic carbocycles. The summed E-state index contributed by atoms with van der Waals surface area (Å²) in [5, 5.41) is 80.8. The van der Waals surface area contributed by atoms with E-state index in [2.05, 4.69) is 25.9 Å². The van der Waals surface area contributed by atoms with Gasteiger partial charge in [-0.15, -0.1) is 10.2 Å². The molecule has 0 saturated carbocycles. The van der Waals surface area contributed by atoms with Gasteiger partial charge < -0.3 is 69.1 Å². The zero-order valence-electron chi connectivity index (χ0n) is 49.1. The Morgan fingerprint density at radius 2 is 1.64 bits per heavy atom. The van der Waals surface area contributed by atoms with E-state index in [0.717, 1.165) is 16.9 Å². The summed E-state index contributed by atoms with van der Waals surface area (Å²) in [4.78, 5) is 18.6. The van der Waals surface area contributed by atoms with Gasteiger partial charge >= 0.3 is 5.97 Å². The van der Waals surface area contributed by atoms with Crippen LogP contribution in [0.2, 0.25) is 0 Å². The van der Waals surface area contributed by atoms with Crippen molar-refractivity contribution in [1.29, 1.82) is 0 Å². The fourth-order valence-electron chi connectivity index (χ4n) is 12.6. The van der Waals surface area contributed by atoms with Gasteiger partial charge in [0.1, 0.15) is 48.8 Å². The minimum atomic E-state index is -1.83. The van der Waals surface area contributed by atoms with E-state index in [1.165, 1.54) is 25.8 Å². The van der Waals surface area contributed by atoms with Crippen LogP contribution in [-0.2, 0) is 39.6 Å². The van der Waals surface area contributed by atoms with Crippen molar-refractivity contribution >= 4 is 5.97 Å². The molecule has 442 valence electrons. The second-order valence-electron chi connectivity index (χ2n) is 23.8. The number of benzene rings is 1. The summed E-state index contributed by atoms with van der Waals surface area (Å²) in [5.41, 5.74) is -1.60. The van der Waals surface area contributed by atoms with Gasteiger partial charge in [-0.25, -0.2) is 13.8 Å². The Morgan fingerprint density at radius 1 is 0.962 bits per heavy atom. The van der Waals surface area contributed by atoms with Crippen LogP contribution in [0.1, 0.15) is 137 Å². The molecule has 5 heterocycles. The highest BCUT2D eigenvalue weighted by atomic mass is 19.1. The SMILES string of the molecule is CC[C@H]1OC(=O)[C@H](C)C([C@H]2C[C@@](C)(OC)[C@@H](O)[C@H](C)O2)[C@H](C)[C@@H](O[C@@H]2O[C@H](C)C[C@H](N(C)CCc3cn([C@H](CF)[C@H](OC)c4ccc(-n5cc(C(C)NC)nn5)cc4)nn3)[C@H]2O)[C@](C)(O)C[C@@H](C)CN(C)[C@H](C)[C@@H](O)[C@]1(C)O. The van der Waals surface area contributed by atoms with E-state index in [9.17, 15) is 30.3 Å². The van der Waals surface area contributed by atoms with Gasteiger partial charge in [-0.3, -0.25) is 4.79 Å². The fraction of sp³-hybridized carbons (Fsp3) is 0.804. The highest BCUT2D eigenvalue weighted by Gasteiger charge is 2.55. The van der Waals surface area contributed by atoms with Crippen LogP contribution in [0.15, 0.2) is 36.7 Å². The van der Waals surface area contributed by atoms with Gasteiger partial charge in [-0.1, -0.05) is 50.3 Å². The number of alkyl halides is 1. The van der Waals surface area contributed by atoms with Gasteiger partial charge in [0.05, 0.1) is 64.8 Å². The van der Waals surface area contributed by atoms with Crippen molar-refractivity contribution < 1.29 is 63.1 Å². The Hall–Kier alpha value is -3.62. The average molecular weight is 1100 g/mol. The van der Waals surface area contributed by atoms with Gasteiger partial charge in [-0.2, -0.15) is 0 Å². The number of carbonyl (C=O) groups excluding carboxylic acids is 1. The first kappa shape index (κ1) is 63.6. The van der Waals surface area contributed by atoms with Crippen molar-refractivity contribution in [1.82, 2.24) is 45.1 Å². The van der Waals surface area contributed by atoms with Crippen molar-refractivity contribution in [3.63, 3.8) is 0 Å². The first-order valence-corrected chi connectivity index (χ1v) is 28.0. The molecule has 1 aromatic carbocycles. The van der Waals surface area contributed by atoms with E-state index in [1.807, 2.05) is 89.1 Å². The molecule has 3 aliphatic heterocycles. The minimum Gasteiger partial charge on any atom is -0.459 e. The first-order valence-electron chi connectivity index (χ1n) is 28.0. The van der Waals surface area contributed by atoms with Crippen LogP contribution in [0.25, 0.3) is 5.69 Å². The number of likely N-dealkylation sites (N-methyl/N-ethyl adjacent to an activating group) is 2. The number of ether oxygens (including phenoxy) is 6. The molecule has 21 atom stereocenters. The number of esters is 1. The Morgan fingerprint density at radius 3 is 2.26 bits per heavy atom. The number of methoxy groups -OCH3 is 2. The lowest BCUT2D eigenvalue weighted by molar-refractivity contribution is -0.302. The lowest BCUT2D eigenvalue weighted by Gasteiger charge is -2.51. The van der Waals surface area contributed by atoms with E-state index in [4.69, 9.17) is 28.4 Å². The summed E-state index contributed by atoms with van der Waals surface area (Å²) in [5.74, 6) is -3.28. The summed E-state index contributed by atoms with van der Waals surface area (Å²) in [6.07, 6.45) is -4.50. The van der Waals surface area contributed by atoms with Gasteiger partial charge in [-0.05, 0) is 118 Å². The van der Waals surface area contributed by atoms with Gasteiger partial charge in [0.25, 0.3) is 0 Å². The molecule has 21 nitrogen and oxygen atoms in total. The standard InChI is InChI=1S/C56H94FN9O12/c1-17-45-56(11,72)49(68)36(7)64(14)28-31(2)25-54(9,71)51(33(4)46(34(5)52(70)77-45)44-26-55(10,74-16)50(69)37(8)76-44)78-53-47(67)42(24-32(3)75-53)63(13)23-22-39-29-66(61-59-39)43(27-57)48(73-15)38-18-20-40(21-19-38)65-30-41(60-62-65)35(6)58-12/h18-21,29-37,42-51,53,58,67-69,71-72H,17,22-28H2,1-16H3/t31-,32-,33+,34-,35?,36-,37+,42+,43-,44-,45-,46?,47-,48-,49-,50+,51-,53+,54-,55-,56-/m1/s1. The van der Waals surface area contributed by atoms with Crippen molar-refractivity contribution in [2.45, 2.75) is 210 Å². The Bertz CT molecular complexity index is 2350. The summed E-state index contributed by atoms with van der Waals surface area (Å²) >= 11 is 0. The van der Waals surface area contributed by atoms with E-state index < -0.39 is 127 Å². The fourth-order valence-corrected chi connectivity index (χ4v) is 12.6. The maximum Gasteiger partial charge on any atom is 0.309 e. The predicted octanol–water partition coefficient (Wildman–Crippen LogP) is 4.14. The van der Waals surface area contributed by atoms with Crippen LogP contribution in [0.5, 0.6) is 0 Å². The molecule has 3 fully saturated rings. The number of aliphatic hydroxyl groups excluding tert-OH is 3. The normalized spacial score (nSPS) is 38.3. The van der Waals surface area contributed by atoms with E-state index in [0.29, 0.717) is 31.6 Å². The number of halogens is 1. The molecule has 2 unspecified atom stereocenters. The number of hydrogen-bond acceptors (Lipinski definition) is 19. The monoisotopic (exact) mass is 1100 g/mol. The number of nitrogens with one attached hydrogen (secondary N) is 1. The molecule has 0 bridgehead atoms. The second-order valence-corrected chi connectivity index (χ2v) is 23.8. The molecule has 3 aromatic rings. The zero-order valence-corrected chi connectivity index (χ0v) is 49.1. The molecule has 6 N–H and O–H groups in total. The predicted molar refractivity (Wildman–Crippen MR) is 289 cm³/mol. The second kappa shape index (κ2) is 26.5. The van der Waals surface area contributed by atoms with Crippen LogP contribution in [0.3, 0.4) is 0 Å². The highest BCUT2D eigenvalue weighted by molar-refractivity contribution is 5.73. The maximum atomic E-state index is 15.0. The molecule has 78 heavy (non-hydrogen) atoms. The van der Waals surface area contributed by atoms with Crippen LogP contribution in [0.4, 0.5) is 4.39 Å². The molecule has 0 spiro atoms. The molecule has 6 rings (SSSR count). The third-order valence-electron chi connectivity index (χ3n) is 17.7. The Kier molecular flexibility index (Phi) is 21.6. The number of aromatic nitrogens is 6. The van der Waals surface area contributed by atoms with Crippen molar-refractivity contribution in [3.05, 3.63) is 53.6 Å². The van der Waals surface area contributed by atoms with Gasteiger partial charge in [0.2, 0.25) is 0 Å². The summed E-state index contributed by atoms with van der Waals surface area (Å²) < 4.78 is 56.3. The molecular formula is C56H94FN9O12. The van der Waals surface area contributed by atoms with Crippen LogP contribution in [0, 0.1) is 23.7 Å². The quantitative estimate of drug-likeness (QED) is 0.104. The van der Waals surface area contributed by atoms with Crippen LogP contribution >= 0.6 is 0 Å². The van der Waals surface area contributed by atoms with Crippen molar-refractivity contribution in [2.75, 3.05) is 55.1 Å². The average Bonchev–Trinajstić information content (AvgIpc) is 4.13. The molecule has 3 saturated heterocycles. The van der Waals surface area contributed by atoms with Crippen LogP contribution in [-0.4, -0.2) is 210 Å². The summed E-state index contributed by atoms with van der Waals surface area (Å²) in [6.45, 7) is 19.9. The Labute approximate surface area is 461 Å². The van der Waals surface area contributed by atoms with E-state index in [-0.39, 0.29) is 31.2 Å². The third kappa shape index (κ3) is 14.0. The smallest absolute Gasteiger partial charge is 0.309 e. The van der Waals surface area contributed by atoms with Crippen molar-refractivity contribution in [2.24, 2.45) is 23.7 Å². The topological polar surface area (TPSA) is 254 Å². The number of hydrogen-bond donors (Lipinski definition) is 6. The zero-order chi connectivity index (χ0) is 57.8. The van der Waals surface area contributed by atoms with Crippen LogP contribution < -0.4 is 5.32 Å². The first-order chi connectivity index (χ1) is 36.7. The third-order valence-corrected chi connectivity index (χ3v) is 17.7. The largest absolute Gasteiger partial charge is 0.459 e. The maximum absolute atomic E-state index is 15.0. The lowest BCUT2D eigenvalue weighted by atomic mass is 9.68. The molecule has 0 amide bonds. The molecule has 2 aromatic heterocycles. The number of cyclic esters (lactones) is 1. The van der Waals surface area contributed by atoms with Crippen molar-refractivity contribution in [3.8, 4) is 5.69 Å². The van der Waals surface area contributed by atoms with Gasteiger partial charge in [0.15, 0.2) is 6.29 Å². The molecular weight excluding hydrogens is 1010 g/mol. The van der Waals surface area contributed by atoms with Gasteiger partial charge in [0, 0.05) is 70.4 Å². The number of carbonyl (C=O) groups is 1. The van der Waals surface area contributed by atoms with E-state index in [1.54, 1.807) is 52.4 Å². The number of rotatable bonds is 17. The highest BCUT2D eigenvalue weighted by Crippen LogP contribution is 2.45. The molecule has 22 heteroatoms. The summed E-state index contributed by atoms with van der Waals surface area (Å²) in [6, 6.07) is 5.65. The number of nitrogens with zero attached hydrogens (tertiary/aromatic N) is 8. The summed E-state index contributed by atoms with van der Waals surface area (Å²) in [7, 11) is 8.65. The number of aliphatic hydroxyl groups is 5. The lowest BCUT2D eigenvalue weighted by Crippen LogP contribution is -2.62. The minimum absolute atomic E-state index is 0.0321. The Balaban J connectivity index is 1.25. The van der Waals surface area contributed by atoms with E-state index >= 15 is 4.39 Å². The molecule has 3 aliphatic rings.